The number of fused-ring (bicyclic) bond motifs is 2. The van der Waals surface area contributed by atoms with Crippen LogP contribution in [0.25, 0.3) is 33.6 Å². The van der Waals surface area contributed by atoms with Crippen LogP contribution in [0.1, 0.15) is 12.5 Å². The molecule has 10 nitrogen and oxygen atoms in total. The highest BCUT2D eigenvalue weighted by Gasteiger charge is 2.37. The van der Waals surface area contributed by atoms with E-state index in [-0.39, 0.29) is 5.82 Å². The van der Waals surface area contributed by atoms with Crippen molar-refractivity contribution in [2.24, 2.45) is 0 Å². The second-order valence-corrected chi connectivity index (χ2v) is 8.20. The normalized spacial score (nSPS) is 12.8. The number of para-hydroxylation sites is 1. The topological polar surface area (TPSA) is 112 Å². The summed E-state index contributed by atoms with van der Waals surface area (Å²) in [6.45, 7) is 2.03. The first-order valence-corrected chi connectivity index (χ1v) is 10.8. The average Bonchev–Trinajstić information content (AvgIpc) is 3.39. The molecular formula is C23H19F3N8O2. The van der Waals surface area contributed by atoms with Gasteiger partial charge in [0.15, 0.2) is 5.82 Å². The Kier molecular flexibility index (Phi) is 5.54. The van der Waals surface area contributed by atoms with Crippen LogP contribution in [0.3, 0.4) is 0 Å². The van der Waals surface area contributed by atoms with Crippen molar-refractivity contribution in [3.05, 3.63) is 71.4 Å². The van der Waals surface area contributed by atoms with Gasteiger partial charge in [0.2, 0.25) is 5.91 Å². The van der Waals surface area contributed by atoms with E-state index in [2.05, 4.69) is 20.1 Å². The number of halogens is 3. The number of benzene rings is 1. The van der Waals surface area contributed by atoms with Gasteiger partial charge in [0.1, 0.15) is 12.6 Å². The van der Waals surface area contributed by atoms with Crippen molar-refractivity contribution < 1.29 is 18.0 Å². The molecular weight excluding hydrogens is 477 g/mol. The van der Waals surface area contributed by atoms with Crippen molar-refractivity contribution in [1.29, 1.82) is 0 Å². The van der Waals surface area contributed by atoms with E-state index in [1.807, 2.05) is 5.32 Å². The standard InChI is InChI=1S/C23H19F3N8O2/c1-13-4-3-5-17-21(13)34(22(36)32(17)12-20(35)31-14(2)23(24,25)26)19-11-28-16(9-29-19)15-8-30-33-7-6-27-10-18(15)33/h3-11,14H,12H2,1-2H3,(H,31,35)/t14-/m1/s1. The van der Waals surface area contributed by atoms with Crippen LogP contribution >= 0.6 is 0 Å². The number of hydrogen-bond acceptors (Lipinski definition) is 6. The Balaban J connectivity index is 1.55. The molecule has 0 unspecified atom stereocenters. The number of carbonyl (C=O) groups excluding carboxylic acids is 1. The monoisotopic (exact) mass is 496 g/mol. The van der Waals surface area contributed by atoms with Crippen LogP contribution in [0.15, 0.2) is 60.2 Å². The first kappa shape index (κ1) is 23.2. The fourth-order valence-corrected chi connectivity index (χ4v) is 3.96. The molecule has 13 heteroatoms. The third kappa shape index (κ3) is 3.97. The molecule has 0 fully saturated rings. The molecule has 1 N–H and O–H groups in total. The van der Waals surface area contributed by atoms with E-state index in [9.17, 15) is 22.8 Å². The molecule has 0 aliphatic carbocycles. The van der Waals surface area contributed by atoms with E-state index in [0.717, 1.165) is 17.0 Å². The van der Waals surface area contributed by atoms with Crippen LogP contribution < -0.4 is 11.0 Å². The lowest BCUT2D eigenvalue weighted by Crippen LogP contribution is -2.45. The van der Waals surface area contributed by atoms with Gasteiger partial charge in [-0.15, -0.1) is 0 Å². The van der Waals surface area contributed by atoms with Crippen LogP contribution in [0.4, 0.5) is 13.2 Å². The van der Waals surface area contributed by atoms with Crippen LogP contribution in [0.2, 0.25) is 0 Å². The highest BCUT2D eigenvalue weighted by atomic mass is 19.4. The summed E-state index contributed by atoms with van der Waals surface area (Å²) in [5.74, 6) is -0.744. The maximum atomic E-state index is 13.4. The number of nitrogens with zero attached hydrogens (tertiary/aromatic N) is 7. The smallest absolute Gasteiger partial charge is 0.343 e. The quantitative estimate of drug-likeness (QED) is 0.401. The van der Waals surface area contributed by atoms with E-state index in [4.69, 9.17) is 0 Å². The van der Waals surface area contributed by atoms with Gasteiger partial charge in [0.25, 0.3) is 0 Å². The van der Waals surface area contributed by atoms with E-state index >= 15 is 0 Å². The minimum atomic E-state index is -4.60. The van der Waals surface area contributed by atoms with Crippen molar-refractivity contribution in [1.82, 2.24) is 39.0 Å². The predicted molar refractivity (Wildman–Crippen MR) is 124 cm³/mol. The van der Waals surface area contributed by atoms with Gasteiger partial charge >= 0.3 is 11.9 Å². The first-order chi connectivity index (χ1) is 17.1. The molecule has 184 valence electrons. The lowest BCUT2D eigenvalue weighted by atomic mass is 10.2. The van der Waals surface area contributed by atoms with Crippen molar-refractivity contribution in [2.45, 2.75) is 32.6 Å². The molecule has 1 amide bonds. The fraction of sp³-hybridized carbons (Fsp3) is 0.217. The summed E-state index contributed by atoms with van der Waals surface area (Å²) in [6, 6.07) is 3.04. The molecule has 4 heterocycles. The summed E-state index contributed by atoms with van der Waals surface area (Å²) in [6.07, 6.45) is 4.88. The highest BCUT2D eigenvalue weighted by Crippen LogP contribution is 2.24. The Morgan fingerprint density at radius 3 is 2.64 bits per heavy atom. The Bertz CT molecular complexity index is 1650. The summed E-state index contributed by atoms with van der Waals surface area (Å²) in [7, 11) is 0. The van der Waals surface area contributed by atoms with E-state index in [1.165, 1.54) is 17.0 Å². The number of hydrogen-bond donors (Lipinski definition) is 1. The van der Waals surface area contributed by atoms with Gasteiger partial charge in [-0.05, 0) is 25.5 Å². The van der Waals surface area contributed by atoms with Gasteiger partial charge in [-0.25, -0.2) is 18.9 Å². The number of aromatic nitrogens is 7. The van der Waals surface area contributed by atoms with Crippen molar-refractivity contribution in [2.75, 3.05) is 0 Å². The molecule has 0 saturated heterocycles. The SMILES string of the molecule is Cc1cccc2c1n(-c1cnc(-c3cnn4ccncc34)cn1)c(=O)n2CC(=O)N[C@H](C)C(F)(F)F. The van der Waals surface area contributed by atoms with Gasteiger partial charge in [-0.2, -0.15) is 18.3 Å². The minimum absolute atomic E-state index is 0.195. The maximum Gasteiger partial charge on any atom is 0.408 e. The largest absolute Gasteiger partial charge is 0.408 e. The second kappa shape index (κ2) is 8.59. The van der Waals surface area contributed by atoms with Gasteiger partial charge in [0, 0.05) is 18.0 Å². The molecule has 1 aromatic carbocycles. The summed E-state index contributed by atoms with van der Waals surface area (Å²) >= 11 is 0. The average molecular weight is 496 g/mol. The fourth-order valence-electron chi connectivity index (χ4n) is 3.96. The number of nitrogens with one attached hydrogen (secondary N) is 1. The first-order valence-electron chi connectivity index (χ1n) is 10.8. The zero-order chi connectivity index (χ0) is 25.6. The number of carbonyl (C=O) groups is 1. The molecule has 0 bridgehead atoms. The zero-order valence-corrected chi connectivity index (χ0v) is 19.1. The van der Waals surface area contributed by atoms with E-state index < -0.39 is 30.4 Å². The summed E-state index contributed by atoms with van der Waals surface area (Å²) < 4.78 is 42.7. The molecule has 36 heavy (non-hydrogen) atoms. The zero-order valence-electron chi connectivity index (χ0n) is 19.1. The number of rotatable bonds is 5. The lowest BCUT2D eigenvalue weighted by molar-refractivity contribution is -0.158. The summed E-state index contributed by atoms with van der Waals surface area (Å²) in [5, 5.41) is 6.14. The summed E-state index contributed by atoms with van der Waals surface area (Å²) in [5.41, 5.74) is 2.88. The molecule has 5 rings (SSSR count). The number of amides is 1. The Labute approximate surface area is 201 Å². The lowest BCUT2D eigenvalue weighted by Gasteiger charge is -2.17. The number of alkyl halides is 3. The van der Waals surface area contributed by atoms with E-state index in [1.54, 1.807) is 54.4 Å². The summed E-state index contributed by atoms with van der Waals surface area (Å²) in [4.78, 5) is 38.7. The molecule has 0 aliphatic rings. The Hall–Kier alpha value is -4.55. The molecule has 1 atom stereocenters. The molecule has 0 radical (unpaired) electrons. The van der Waals surface area contributed by atoms with Crippen molar-refractivity contribution in [3.8, 4) is 17.1 Å². The van der Waals surface area contributed by atoms with Crippen LogP contribution in [0.5, 0.6) is 0 Å². The molecule has 0 spiro atoms. The molecule has 0 saturated carbocycles. The predicted octanol–water partition coefficient (Wildman–Crippen LogP) is 2.67. The third-order valence-electron chi connectivity index (χ3n) is 5.79. The van der Waals surface area contributed by atoms with Gasteiger partial charge < -0.3 is 5.32 Å². The van der Waals surface area contributed by atoms with Crippen molar-refractivity contribution in [3.63, 3.8) is 0 Å². The van der Waals surface area contributed by atoms with Crippen molar-refractivity contribution >= 4 is 22.5 Å². The molecule has 4 aromatic heterocycles. The molecule has 0 aliphatic heterocycles. The second-order valence-electron chi connectivity index (χ2n) is 8.20. The minimum Gasteiger partial charge on any atom is -0.343 e. The highest BCUT2D eigenvalue weighted by molar-refractivity contribution is 5.84. The Morgan fingerprint density at radius 2 is 1.92 bits per heavy atom. The van der Waals surface area contributed by atoms with Crippen LogP contribution in [-0.4, -0.2) is 51.8 Å². The molecule has 5 aromatic rings. The third-order valence-corrected chi connectivity index (χ3v) is 5.79. The van der Waals surface area contributed by atoms with Gasteiger partial charge in [-0.3, -0.25) is 19.3 Å². The number of aryl methyl sites for hydroxylation is 1. The number of imidazole rings is 1. The van der Waals surface area contributed by atoms with Crippen LogP contribution in [0, 0.1) is 6.92 Å². The maximum absolute atomic E-state index is 13.4. The van der Waals surface area contributed by atoms with Gasteiger partial charge in [-0.1, -0.05) is 12.1 Å². The van der Waals surface area contributed by atoms with E-state index in [0.29, 0.717) is 27.9 Å². The van der Waals surface area contributed by atoms with Crippen LogP contribution in [-0.2, 0) is 11.3 Å². The van der Waals surface area contributed by atoms with Gasteiger partial charge in [0.05, 0.1) is 47.0 Å². The Morgan fingerprint density at radius 1 is 1.11 bits per heavy atom.